The molecule has 0 aliphatic carbocycles. The number of hydrogen-bond donors (Lipinski definition) is 1. The Kier molecular flexibility index (Phi) is 7.61. The van der Waals surface area contributed by atoms with Crippen LogP contribution in [0, 0.1) is 19.8 Å². The Bertz CT molecular complexity index is 710. The average molecular weight is 383 g/mol. The lowest BCUT2D eigenvalue weighted by Gasteiger charge is -2.30. The molecule has 1 saturated heterocycles. The van der Waals surface area contributed by atoms with Crippen molar-refractivity contribution in [3.05, 3.63) is 29.3 Å². The zero-order valence-electron chi connectivity index (χ0n) is 16.0. The zero-order valence-corrected chi connectivity index (χ0v) is 16.8. The van der Waals surface area contributed by atoms with Gasteiger partial charge in [0.1, 0.15) is 0 Å². The topological polar surface area (TPSA) is 75.7 Å². The lowest BCUT2D eigenvalue weighted by Crippen LogP contribution is -2.43. The first kappa shape index (κ1) is 20.9. The van der Waals surface area contributed by atoms with E-state index in [-0.39, 0.29) is 11.8 Å². The third kappa shape index (κ3) is 5.28. The van der Waals surface area contributed by atoms with Crippen LogP contribution in [0.15, 0.2) is 23.1 Å². The first-order valence-corrected chi connectivity index (χ1v) is 10.7. The summed E-state index contributed by atoms with van der Waals surface area (Å²) in [5, 5.41) is 2.92. The van der Waals surface area contributed by atoms with E-state index in [2.05, 4.69) is 5.32 Å². The van der Waals surface area contributed by atoms with Crippen molar-refractivity contribution in [2.24, 2.45) is 5.92 Å². The molecule has 1 aromatic carbocycles. The number of carbonyl (C=O) groups excluding carboxylic acids is 1. The number of nitrogens with one attached hydrogen (secondary N) is 1. The van der Waals surface area contributed by atoms with Crippen molar-refractivity contribution in [2.45, 2.75) is 44.9 Å². The highest BCUT2D eigenvalue weighted by Gasteiger charge is 2.32. The number of carbonyl (C=O) groups is 1. The van der Waals surface area contributed by atoms with Crippen molar-refractivity contribution >= 4 is 15.9 Å². The Balaban J connectivity index is 1.87. The van der Waals surface area contributed by atoms with E-state index in [1.54, 1.807) is 12.1 Å². The van der Waals surface area contributed by atoms with Gasteiger partial charge in [0, 0.05) is 38.8 Å². The molecule has 0 aromatic heterocycles. The molecule has 2 rings (SSSR count). The van der Waals surface area contributed by atoms with Crippen molar-refractivity contribution in [1.82, 2.24) is 9.62 Å². The predicted molar refractivity (Wildman–Crippen MR) is 102 cm³/mol. The fourth-order valence-electron chi connectivity index (χ4n) is 3.06. The van der Waals surface area contributed by atoms with Crippen LogP contribution in [0.25, 0.3) is 0 Å². The van der Waals surface area contributed by atoms with E-state index in [9.17, 15) is 13.2 Å². The lowest BCUT2D eigenvalue weighted by atomic mass is 9.97. The van der Waals surface area contributed by atoms with Gasteiger partial charge in [-0.15, -0.1) is 0 Å². The van der Waals surface area contributed by atoms with Crippen molar-refractivity contribution in [2.75, 3.05) is 32.8 Å². The molecular weight excluding hydrogens is 352 g/mol. The van der Waals surface area contributed by atoms with Gasteiger partial charge in [-0.2, -0.15) is 4.31 Å². The van der Waals surface area contributed by atoms with Crippen LogP contribution in [0.5, 0.6) is 0 Å². The summed E-state index contributed by atoms with van der Waals surface area (Å²) in [5.74, 6) is -0.0991. The number of ether oxygens (including phenoxy) is 1. The standard InChI is InChI=1S/C19H30N2O4S/c1-4-25-13-5-10-20-19(22)17-8-11-21(12-9-17)26(23,24)18-7-6-15(2)16(3)14-18/h6-7,14,17H,4-5,8-13H2,1-3H3,(H,20,22). The second kappa shape index (κ2) is 9.48. The van der Waals surface area contributed by atoms with Crippen LogP contribution in [0.3, 0.4) is 0 Å². The first-order chi connectivity index (χ1) is 12.4. The second-order valence-electron chi connectivity index (χ2n) is 6.77. The van der Waals surface area contributed by atoms with Gasteiger partial charge in [0.05, 0.1) is 4.90 Å². The Morgan fingerprint density at radius 1 is 1.23 bits per heavy atom. The molecule has 0 bridgehead atoms. The molecule has 6 nitrogen and oxygen atoms in total. The smallest absolute Gasteiger partial charge is 0.243 e. The summed E-state index contributed by atoms with van der Waals surface area (Å²) in [4.78, 5) is 12.6. The zero-order chi connectivity index (χ0) is 19.2. The molecule has 26 heavy (non-hydrogen) atoms. The molecule has 1 aromatic rings. The van der Waals surface area contributed by atoms with E-state index in [4.69, 9.17) is 4.74 Å². The van der Waals surface area contributed by atoms with Crippen molar-refractivity contribution in [3.8, 4) is 0 Å². The normalized spacial score (nSPS) is 16.6. The molecule has 0 atom stereocenters. The van der Waals surface area contributed by atoms with Gasteiger partial charge in [0.2, 0.25) is 15.9 Å². The van der Waals surface area contributed by atoms with Crippen LogP contribution >= 0.6 is 0 Å². The van der Waals surface area contributed by atoms with Crippen LogP contribution in [-0.4, -0.2) is 51.5 Å². The summed E-state index contributed by atoms with van der Waals surface area (Å²) in [6.07, 6.45) is 1.91. The van der Waals surface area contributed by atoms with E-state index >= 15 is 0 Å². The number of hydrogen-bond acceptors (Lipinski definition) is 4. The molecule has 0 radical (unpaired) electrons. The Morgan fingerprint density at radius 2 is 1.92 bits per heavy atom. The number of rotatable bonds is 8. The number of benzene rings is 1. The third-order valence-corrected chi connectivity index (χ3v) is 6.80. The first-order valence-electron chi connectivity index (χ1n) is 9.29. The van der Waals surface area contributed by atoms with Gasteiger partial charge in [-0.1, -0.05) is 6.07 Å². The number of nitrogens with zero attached hydrogens (tertiary/aromatic N) is 1. The molecule has 146 valence electrons. The van der Waals surface area contributed by atoms with Crippen LogP contribution < -0.4 is 5.32 Å². The van der Waals surface area contributed by atoms with Crippen LogP contribution in [-0.2, 0) is 19.6 Å². The van der Waals surface area contributed by atoms with Crippen LogP contribution in [0.1, 0.15) is 37.3 Å². The SMILES string of the molecule is CCOCCCNC(=O)C1CCN(S(=O)(=O)c2ccc(C)c(C)c2)CC1. The third-order valence-electron chi connectivity index (χ3n) is 4.91. The molecule has 0 spiro atoms. The minimum atomic E-state index is -3.49. The molecule has 1 amide bonds. The highest BCUT2D eigenvalue weighted by Crippen LogP contribution is 2.25. The van der Waals surface area contributed by atoms with Gasteiger partial charge in [0.15, 0.2) is 0 Å². The van der Waals surface area contributed by atoms with Gasteiger partial charge in [-0.05, 0) is 63.3 Å². The summed E-state index contributed by atoms with van der Waals surface area (Å²) >= 11 is 0. The molecule has 7 heteroatoms. The van der Waals surface area contributed by atoms with Gasteiger partial charge < -0.3 is 10.1 Å². The molecule has 0 unspecified atom stereocenters. The molecule has 0 saturated carbocycles. The predicted octanol–water partition coefficient (Wildman–Crippen LogP) is 2.25. The van der Waals surface area contributed by atoms with Gasteiger partial charge >= 0.3 is 0 Å². The number of aryl methyl sites for hydroxylation is 2. The minimum absolute atomic E-state index is 0.0183. The van der Waals surface area contributed by atoms with E-state index in [0.29, 0.717) is 50.6 Å². The highest BCUT2D eigenvalue weighted by molar-refractivity contribution is 7.89. The number of amides is 1. The summed E-state index contributed by atoms with van der Waals surface area (Å²) in [7, 11) is -3.49. The molecular formula is C19H30N2O4S. The van der Waals surface area contributed by atoms with Crippen molar-refractivity contribution < 1.29 is 17.9 Å². The maximum atomic E-state index is 12.8. The largest absolute Gasteiger partial charge is 0.382 e. The van der Waals surface area contributed by atoms with E-state index in [0.717, 1.165) is 17.5 Å². The quantitative estimate of drug-likeness (QED) is 0.700. The highest BCUT2D eigenvalue weighted by atomic mass is 32.2. The summed E-state index contributed by atoms with van der Waals surface area (Å²) < 4.78 is 32.4. The van der Waals surface area contributed by atoms with Crippen molar-refractivity contribution in [3.63, 3.8) is 0 Å². The molecule has 1 heterocycles. The van der Waals surface area contributed by atoms with E-state index in [1.165, 1.54) is 4.31 Å². The molecule has 1 fully saturated rings. The van der Waals surface area contributed by atoms with Gasteiger partial charge in [0.25, 0.3) is 0 Å². The maximum Gasteiger partial charge on any atom is 0.243 e. The van der Waals surface area contributed by atoms with Crippen LogP contribution in [0.4, 0.5) is 0 Å². The lowest BCUT2D eigenvalue weighted by molar-refractivity contribution is -0.126. The van der Waals surface area contributed by atoms with E-state index in [1.807, 2.05) is 26.8 Å². The number of sulfonamides is 1. The Morgan fingerprint density at radius 3 is 2.54 bits per heavy atom. The van der Waals surface area contributed by atoms with Crippen LogP contribution in [0.2, 0.25) is 0 Å². The van der Waals surface area contributed by atoms with Gasteiger partial charge in [-0.25, -0.2) is 8.42 Å². The molecule has 1 aliphatic heterocycles. The fourth-order valence-corrected chi connectivity index (χ4v) is 4.61. The summed E-state index contributed by atoms with van der Waals surface area (Å²) in [5.41, 5.74) is 2.04. The summed E-state index contributed by atoms with van der Waals surface area (Å²) in [6, 6.07) is 5.22. The Labute approximate surface area is 157 Å². The fraction of sp³-hybridized carbons (Fsp3) is 0.632. The van der Waals surface area contributed by atoms with Gasteiger partial charge in [-0.3, -0.25) is 4.79 Å². The van der Waals surface area contributed by atoms with E-state index < -0.39 is 10.0 Å². The Hall–Kier alpha value is -1.44. The monoisotopic (exact) mass is 382 g/mol. The number of piperidine rings is 1. The maximum absolute atomic E-state index is 12.8. The minimum Gasteiger partial charge on any atom is -0.382 e. The molecule has 1 aliphatic rings. The summed E-state index contributed by atoms with van der Waals surface area (Å²) in [6.45, 7) is 8.50. The average Bonchev–Trinajstić information content (AvgIpc) is 2.63. The molecule has 1 N–H and O–H groups in total. The second-order valence-corrected chi connectivity index (χ2v) is 8.70. The van der Waals surface area contributed by atoms with Crippen molar-refractivity contribution in [1.29, 1.82) is 0 Å².